The number of ether oxygens (including phenoxy) is 1. The number of nitriles is 1. The van der Waals surface area contributed by atoms with Gasteiger partial charge in [0.1, 0.15) is 12.2 Å². The number of aliphatic hydroxyl groups is 1. The van der Waals surface area contributed by atoms with Crippen LogP contribution in [0.3, 0.4) is 0 Å². The summed E-state index contributed by atoms with van der Waals surface area (Å²) in [4.78, 5) is 4.26. The van der Waals surface area contributed by atoms with E-state index < -0.39 is 6.10 Å². The van der Waals surface area contributed by atoms with E-state index in [2.05, 4.69) is 4.98 Å². The Labute approximate surface area is 107 Å². The van der Waals surface area contributed by atoms with Crippen molar-refractivity contribution in [3.63, 3.8) is 0 Å². The Morgan fingerprint density at radius 2 is 2.17 bits per heavy atom. The van der Waals surface area contributed by atoms with Crippen molar-refractivity contribution >= 4 is 0 Å². The van der Waals surface area contributed by atoms with Crippen LogP contribution >= 0.6 is 0 Å². The Morgan fingerprint density at radius 1 is 1.39 bits per heavy atom. The van der Waals surface area contributed by atoms with Crippen molar-refractivity contribution in [2.24, 2.45) is 0 Å². The van der Waals surface area contributed by atoms with Crippen molar-refractivity contribution in [2.45, 2.75) is 50.7 Å². The topological polar surface area (TPSA) is 66.1 Å². The molecule has 0 aromatic carbocycles. The molecule has 1 saturated carbocycles. The van der Waals surface area contributed by atoms with Crippen molar-refractivity contribution in [1.82, 2.24) is 4.98 Å². The molecule has 0 aliphatic heterocycles. The van der Waals surface area contributed by atoms with Crippen LogP contribution in [-0.2, 0) is 0 Å². The zero-order valence-electron chi connectivity index (χ0n) is 10.4. The van der Waals surface area contributed by atoms with E-state index >= 15 is 0 Å². The molecule has 2 rings (SSSR count). The maximum atomic E-state index is 9.71. The number of pyridine rings is 1. The molecule has 1 aromatic heterocycles. The number of hydrogen-bond acceptors (Lipinski definition) is 4. The third-order valence-corrected chi connectivity index (χ3v) is 3.21. The Bertz CT molecular complexity index is 422. The zero-order valence-corrected chi connectivity index (χ0v) is 10.4. The van der Waals surface area contributed by atoms with Gasteiger partial charge >= 0.3 is 0 Å². The Morgan fingerprint density at radius 3 is 2.89 bits per heavy atom. The molecular weight excluding hydrogens is 228 g/mol. The van der Waals surface area contributed by atoms with E-state index in [1.54, 1.807) is 18.2 Å². The van der Waals surface area contributed by atoms with Crippen LogP contribution in [0.5, 0.6) is 5.88 Å². The minimum Gasteiger partial charge on any atom is -0.474 e. The quantitative estimate of drug-likeness (QED) is 0.887. The molecule has 0 spiro atoms. The monoisotopic (exact) mass is 246 g/mol. The first-order valence-corrected chi connectivity index (χ1v) is 6.48. The average Bonchev–Trinajstić information content (AvgIpc) is 2.40. The van der Waals surface area contributed by atoms with E-state index in [-0.39, 0.29) is 12.5 Å². The molecule has 1 aliphatic carbocycles. The molecule has 0 saturated heterocycles. The summed E-state index contributed by atoms with van der Waals surface area (Å²) >= 11 is 0. The first-order valence-electron chi connectivity index (χ1n) is 6.48. The van der Waals surface area contributed by atoms with Gasteiger partial charge in [0.15, 0.2) is 0 Å². The second kappa shape index (κ2) is 6.36. The second-order valence-electron chi connectivity index (χ2n) is 4.66. The molecule has 1 atom stereocenters. The maximum absolute atomic E-state index is 9.71. The number of rotatable bonds is 4. The molecular formula is C14H18N2O2. The van der Waals surface area contributed by atoms with E-state index in [1.165, 1.54) is 19.3 Å². The fourth-order valence-electron chi connectivity index (χ4n) is 2.23. The van der Waals surface area contributed by atoms with Gasteiger partial charge in [-0.25, -0.2) is 4.98 Å². The highest BCUT2D eigenvalue weighted by atomic mass is 16.5. The molecule has 1 N–H and O–H groups in total. The summed E-state index contributed by atoms with van der Waals surface area (Å²) in [6.45, 7) is 0. The van der Waals surface area contributed by atoms with Gasteiger partial charge in [0, 0.05) is 6.07 Å². The normalized spacial score (nSPS) is 18.0. The van der Waals surface area contributed by atoms with Gasteiger partial charge < -0.3 is 9.84 Å². The van der Waals surface area contributed by atoms with E-state index in [0.717, 1.165) is 12.8 Å². The van der Waals surface area contributed by atoms with Crippen molar-refractivity contribution in [3.8, 4) is 11.9 Å². The summed E-state index contributed by atoms with van der Waals surface area (Å²) in [5.74, 6) is 0.552. The summed E-state index contributed by atoms with van der Waals surface area (Å²) in [6, 6.07) is 7.26. The van der Waals surface area contributed by atoms with Gasteiger partial charge in [-0.15, -0.1) is 0 Å². The second-order valence-corrected chi connectivity index (χ2v) is 4.66. The summed E-state index contributed by atoms with van der Waals surface area (Å²) in [5.41, 5.74) is 0.504. The van der Waals surface area contributed by atoms with Crippen LogP contribution in [0.2, 0.25) is 0 Å². The lowest BCUT2D eigenvalue weighted by Crippen LogP contribution is -2.20. The van der Waals surface area contributed by atoms with E-state index in [1.807, 2.05) is 6.07 Å². The highest BCUT2D eigenvalue weighted by molar-refractivity contribution is 5.18. The van der Waals surface area contributed by atoms with Crippen LogP contribution in [0.25, 0.3) is 0 Å². The standard InChI is InChI=1S/C14H18N2O2/c15-10-9-13(17)12-7-4-8-14(16-12)18-11-5-2-1-3-6-11/h4,7-8,11,13,17H,1-3,5-6,9H2. The van der Waals surface area contributed by atoms with Crippen LogP contribution in [0.1, 0.15) is 50.3 Å². The molecule has 18 heavy (non-hydrogen) atoms. The van der Waals surface area contributed by atoms with Crippen LogP contribution < -0.4 is 4.74 Å². The van der Waals surface area contributed by atoms with E-state index in [9.17, 15) is 5.11 Å². The van der Waals surface area contributed by atoms with Gasteiger partial charge in [-0.05, 0) is 31.7 Å². The van der Waals surface area contributed by atoms with Crippen LogP contribution in [-0.4, -0.2) is 16.2 Å². The first kappa shape index (κ1) is 12.8. The van der Waals surface area contributed by atoms with Gasteiger partial charge in [-0.3, -0.25) is 0 Å². The summed E-state index contributed by atoms with van der Waals surface area (Å²) < 4.78 is 5.82. The number of nitrogens with zero attached hydrogens (tertiary/aromatic N) is 2. The minimum atomic E-state index is -0.829. The predicted molar refractivity (Wildman–Crippen MR) is 66.9 cm³/mol. The van der Waals surface area contributed by atoms with Gasteiger partial charge in [0.25, 0.3) is 0 Å². The number of hydrogen-bond donors (Lipinski definition) is 1. The predicted octanol–water partition coefficient (Wildman–Crippen LogP) is 2.74. The van der Waals surface area contributed by atoms with Gasteiger partial charge in [0.05, 0.1) is 18.2 Å². The lowest BCUT2D eigenvalue weighted by Gasteiger charge is -2.22. The first-order chi connectivity index (χ1) is 8.79. The van der Waals surface area contributed by atoms with Crippen molar-refractivity contribution < 1.29 is 9.84 Å². The molecule has 1 heterocycles. The highest BCUT2D eigenvalue weighted by Gasteiger charge is 2.16. The summed E-state index contributed by atoms with van der Waals surface area (Å²) in [6.07, 6.45) is 5.33. The highest BCUT2D eigenvalue weighted by Crippen LogP contribution is 2.23. The molecule has 0 bridgehead atoms. The Balaban J connectivity index is 2.00. The zero-order chi connectivity index (χ0) is 12.8. The molecule has 4 heteroatoms. The summed E-state index contributed by atoms with van der Waals surface area (Å²) in [7, 11) is 0. The van der Waals surface area contributed by atoms with Gasteiger partial charge in [0.2, 0.25) is 5.88 Å². The van der Waals surface area contributed by atoms with Crippen molar-refractivity contribution in [3.05, 3.63) is 23.9 Å². The molecule has 1 aromatic rings. The molecule has 0 amide bonds. The van der Waals surface area contributed by atoms with Crippen molar-refractivity contribution in [2.75, 3.05) is 0 Å². The SMILES string of the molecule is N#CCC(O)c1cccc(OC2CCCCC2)n1. The Kier molecular flexibility index (Phi) is 4.54. The molecule has 4 nitrogen and oxygen atoms in total. The van der Waals surface area contributed by atoms with Crippen molar-refractivity contribution in [1.29, 1.82) is 5.26 Å². The fourth-order valence-corrected chi connectivity index (χ4v) is 2.23. The lowest BCUT2D eigenvalue weighted by atomic mass is 9.98. The maximum Gasteiger partial charge on any atom is 0.213 e. The Hall–Kier alpha value is -1.60. The lowest BCUT2D eigenvalue weighted by molar-refractivity contribution is 0.143. The van der Waals surface area contributed by atoms with Crippen LogP contribution in [0, 0.1) is 11.3 Å². The van der Waals surface area contributed by atoms with E-state index in [4.69, 9.17) is 10.00 Å². The summed E-state index contributed by atoms with van der Waals surface area (Å²) in [5, 5.41) is 18.3. The fraction of sp³-hybridized carbons (Fsp3) is 0.571. The van der Waals surface area contributed by atoms with Gasteiger partial charge in [-0.2, -0.15) is 5.26 Å². The van der Waals surface area contributed by atoms with E-state index in [0.29, 0.717) is 11.6 Å². The third kappa shape index (κ3) is 3.44. The number of aliphatic hydroxyl groups excluding tert-OH is 1. The molecule has 0 radical (unpaired) electrons. The van der Waals surface area contributed by atoms with Crippen LogP contribution in [0.4, 0.5) is 0 Å². The number of aromatic nitrogens is 1. The molecule has 1 unspecified atom stereocenters. The largest absolute Gasteiger partial charge is 0.474 e. The molecule has 1 fully saturated rings. The smallest absolute Gasteiger partial charge is 0.213 e. The van der Waals surface area contributed by atoms with Crippen LogP contribution in [0.15, 0.2) is 18.2 Å². The minimum absolute atomic E-state index is 0.0554. The molecule has 96 valence electrons. The van der Waals surface area contributed by atoms with Gasteiger partial charge in [-0.1, -0.05) is 12.5 Å². The average molecular weight is 246 g/mol. The third-order valence-electron chi connectivity index (χ3n) is 3.21. The molecule has 1 aliphatic rings.